The van der Waals surface area contributed by atoms with Gasteiger partial charge in [0.15, 0.2) is 5.82 Å². The molecule has 0 unspecified atom stereocenters. The van der Waals surface area contributed by atoms with E-state index in [4.69, 9.17) is 23.2 Å². The van der Waals surface area contributed by atoms with E-state index in [0.717, 1.165) is 41.0 Å². The fourth-order valence-corrected chi connectivity index (χ4v) is 4.50. The maximum absolute atomic E-state index is 13.1. The lowest BCUT2D eigenvalue weighted by Crippen LogP contribution is -2.32. The Morgan fingerprint density at radius 3 is 2.84 bits per heavy atom. The van der Waals surface area contributed by atoms with Crippen LogP contribution in [0.15, 0.2) is 30.5 Å². The molecule has 9 heteroatoms. The van der Waals surface area contributed by atoms with Crippen LogP contribution in [0.4, 0.5) is 10.1 Å². The molecule has 0 radical (unpaired) electrons. The molecule has 0 spiro atoms. The summed E-state index contributed by atoms with van der Waals surface area (Å²) in [5, 5.41) is 3.59. The molecule has 0 aliphatic carbocycles. The van der Waals surface area contributed by atoms with E-state index in [1.54, 1.807) is 12.3 Å². The fourth-order valence-electron chi connectivity index (χ4n) is 4.13. The van der Waals surface area contributed by atoms with Gasteiger partial charge in [-0.1, -0.05) is 35.3 Å². The molecule has 0 bridgehead atoms. The normalized spacial score (nSPS) is 13.8. The SMILES string of the molecule is Cc1c(NC(=O)c2nc3c(n2C)CCN(CCCF)C3)cccc1-c1ccnc(Cl)c1Cl. The molecule has 1 aliphatic heterocycles. The Morgan fingerprint density at radius 2 is 2.06 bits per heavy atom. The lowest BCUT2D eigenvalue weighted by molar-refractivity contribution is 0.101. The van der Waals surface area contributed by atoms with E-state index in [0.29, 0.717) is 36.0 Å². The Bertz CT molecular complexity index is 1160. The number of fused-ring (bicyclic) bond motifs is 1. The van der Waals surface area contributed by atoms with Crippen LogP contribution in [0.5, 0.6) is 0 Å². The number of imidazole rings is 1. The van der Waals surface area contributed by atoms with Crippen LogP contribution in [0.3, 0.4) is 0 Å². The van der Waals surface area contributed by atoms with E-state index in [1.807, 2.05) is 36.7 Å². The number of hydrogen-bond acceptors (Lipinski definition) is 4. The lowest BCUT2D eigenvalue weighted by Gasteiger charge is -2.26. The van der Waals surface area contributed by atoms with Crippen LogP contribution in [0.1, 0.15) is 34.0 Å². The highest BCUT2D eigenvalue weighted by atomic mass is 35.5. The van der Waals surface area contributed by atoms with E-state index in [9.17, 15) is 9.18 Å². The van der Waals surface area contributed by atoms with E-state index < -0.39 is 0 Å². The summed E-state index contributed by atoms with van der Waals surface area (Å²) in [6, 6.07) is 7.42. The van der Waals surface area contributed by atoms with Crippen molar-refractivity contribution in [3.8, 4) is 11.1 Å². The summed E-state index contributed by atoms with van der Waals surface area (Å²) >= 11 is 12.4. The van der Waals surface area contributed by atoms with Gasteiger partial charge in [-0.25, -0.2) is 9.97 Å². The molecule has 1 N–H and O–H groups in total. The van der Waals surface area contributed by atoms with Crippen LogP contribution in [-0.2, 0) is 20.0 Å². The van der Waals surface area contributed by atoms with E-state index in [2.05, 4.69) is 20.2 Å². The van der Waals surface area contributed by atoms with E-state index in [-0.39, 0.29) is 17.7 Å². The van der Waals surface area contributed by atoms with Gasteiger partial charge in [0.2, 0.25) is 0 Å². The molecule has 1 amide bonds. The number of nitrogens with zero attached hydrogens (tertiary/aromatic N) is 4. The molecule has 6 nitrogen and oxygen atoms in total. The van der Waals surface area contributed by atoms with Gasteiger partial charge in [0.1, 0.15) is 5.15 Å². The summed E-state index contributed by atoms with van der Waals surface area (Å²) in [6.45, 7) is 3.76. The summed E-state index contributed by atoms with van der Waals surface area (Å²) < 4.78 is 14.4. The second-order valence-electron chi connectivity index (χ2n) is 7.85. The first-order valence-corrected chi connectivity index (χ1v) is 11.2. The number of alkyl halides is 1. The van der Waals surface area contributed by atoms with Crippen molar-refractivity contribution in [2.24, 2.45) is 7.05 Å². The summed E-state index contributed by atoms with van der Waals surface area (Å²) in [4.78, 5) is 23.9. The molecule has 0 fully saturated rings. The quantitative estimate of drug-likeness (QED) is 0.505. The molecule has 0 saturated heterocycles. The van der Waals surface area contributed by atoms with Crippen molar-refractivity contribution in [1.82, 2.24) is 19.4 Å². The Kier molecular flexibility index (Phi) is 6.79. The largest absolute Gasteiger partial charge is 0.327 e. The number of rotatable bonds is 6. The number of amides is 1. The van der Waals surface area contributed by atoms with E-state index >= 15 is 0 Å². The first-order valence-electron chi connectivity index (χ1n) is 10.4. The van der Waals surface area contributed by atoms with Crippen molar-refractivity contribution in [3.05, 3.63) is 63.4 Å². The molecule has 0 saturated carbocycles. The second kappa shape index (κ2) is 9.57. The average molecular weight is 476 g/mol. The number of carbonyl (C=O) groups is 1. The predicted octanol–water partition coefficient (Wildman–Crippen LogP) is 5.07. The van der Waals surface area contributed by atoms with Gasteiger partial charge in [0.05, 0.1) is 17.4 Å². The summed E-state index contributed by atoms with van der Waals surface area (Å²) in [7, 11) is 1.86. The van der Waals surface area contributed by atoms with Crippen LogP contribution in [0, 0.1) is 6.92 Å². The smallest absolute Gasteiger partial charge is 0.291 e. The summed E-state index contributed by atoms with van der Waals surface area (Å²) in [6.07, 6.45) is 2.90. The first-order chi connectivity index (χ1) is 15.4. The zero-order chi connectivity index (χ0) is 22.8. The van der Waals surface area contributed by atoms with Crippen LogP contribution in [0.2, 0.25) is 10.2 Å². The zero-order valence-corrected chi connectivity index (χ0v) is 19.5. The Morgan fingerprint density at radius 1 is 1.25 bits per heavy atom. The lowest BCUT2D eigenvalue weighted by atomic mass is 10.00. The number of anilines is 1. The topological polar surface area (TPSA) is 63.1 Å². The van der Waals surface area contributed by atoms with Gasteiger partial charge >= 0.3 is 0 Å². The predicted molar refractivity (Wildman–Crippen MR) is 125 cm³/mol. The molecule has 2 aromatic heterocycles. The third-order valence-electron chi connectivity index (χ3n) is 5.86. The fraction of sp³-hybridized carbons (Fsp3) is 0.348. The zero-order valence-electron chi connectivity index (χ0n) is 18.0. The number of hydrogen-bond donors (Lipinski definition) is 1. The van der Waals surface area contributed by atoms with Crippen molar-refractivity contribution in [2.75, 3.05) is 25.1 Å². The van der Waals surface area contributed by atoms with Crippen LogP contribution in [-0.4, -0.2) is 45.1 Å². The summed E-state index contributed by atoms with van der Waals surface area (Å²) in [5.74, 6) is 0.0773. The molecule has 3 aromatic rings. The average Bonchev–Trinajstić information content (AvgIpc) is 3.12. The minimum absolute atomic E-state index is 0.233. The van der Waals surface area contributed by atoms with Gasteiger partial charge in [-0.05, 0) is 36.6 Å². The van der Waals surface area contributed by atoms with Gasteiger partial charge in [-0.3, -0.25) is 14.1 Å². The van der Waals surface area contributed by atoms with Gasteiger partial charge in [0.25, 0.3) is 5.91 Å². The minimum atomic E-state index is -0.325. The van der Waals surface area contributed by atoms with Crippen molar-refractivity contribution < 1.29 is 9.18 Å². The van der Waals surface area contributed by atoms with Crippen LogP contribution < -0.4 is 5.32 Å². The standard InChI is InChI=1S/C23H24Cl2FN5O/c1-14-15(16-7-10-27-21(25)20(16)24)5-3-6-17(14)29-23(32)22-28-18-13-31(11-4-9-26)12-8-19(18)30(22)2/h3,5-7,10H,4,8-9,11-13H2,1-2H3,(H,29,32). The Balaban J connectivity index is 1.58. The molecule has 4 rings (SSSR count). The summed E-state index contributed by atoms with van der Waals surface area (Å²) in [5.41, 5.74) is 5.08. The Labute approximate surface area is 196 Å². The van der Waals surface area contributed by atoms with Gasteiger partial charge in [-0.15, -0.1) is 0 Å². The van der Waals surface area contributed by atoms with E-state index in [1.165, 1.54) is 0 Å². The maximum Gasteiger partial charge on any atom is 0.291 e. The molecule has 1 aliphatic rings. The number of halogens is 3. The third-order valence-corrected chi connectivity index (χ3v) is 6.63. The first kappa shape index (κ1) is 22.7. The van der Waals surface area contributed by atoms with Crippen molar-refractivity contribution in [1.29, 1.82) is 0 Å². The molecule has 1 aromatic carbocycles. The van der Waals surface area contributed by atoms with Crippen LogP contribution in [0.25, 0.3) is 11.1 Å². The maximum atomic E-state index is 13.1. The molecule has 32 heavy (non-hydrogen) atoms. The molecule has 3 heterocycles. The molecular formula is C23H24Cl2FN5O. The number of pyridine rings is 1. The monoisotopic (exact) mass is 475 g/mol. The number of nitrogens with one attached hydrogen (secondary N) is 1. The molecular weight excluding hydrogens is 452 g/mol. The Hall–Kier alpha value is -2.48. The van der Waals surface area contributed by atoms with Crippen molar-refractivity contribution in [2.45, 2.75) is 26.3 Å². The highest BCUT2D eigenvalue weighted by Gasteiger charge is 2.25. The van der Waals surface area contributed by atoms with Crippen molar-refractivity contribution in [3.63, 3.8) is 0 Å². The van der Waals surface area contributed by atoms with Crippen molar-refractivity contribution >= 4 is 34.8 Å². The number of carbonyl (C=O) groups excluding carboxylic acids is 1. The third kappa shape index (κ3) is 4.37. The van der Waals surface area contributed by atoms with Gasteiger partial charge < -0.3 is 9.88 Å². The molecule has 0 atom stereocenters. The highest BCUT2D eigenvalue weighted by Crippen LogP contribution is 2.36. The van der Waals surface area contributed by atoms with Gasteiger partial charge in [-0.2, -0.15) is 0 Å². The van der Waals surface area contributed by atoms with Gasteiger partial charge in [0, 0.05) is 56.2 Å². The van der Waals surface area contributed by atoms with Crippen LogP contribution >= 0.6 is 23.2 Å². The number of aromatic nitrogens is 3. The minimum Gasteiger partial charge on any atom is -0.327 e. The second-order valence-corrected chi connectivity index (χ2v) is 8.59. The number of benzene rings is 1. The highest BCUT2D eigenvalue weighted by molar-refractivity contribution is 6.43. The molecule has 168 valence electrons.